The Balaban J connectivity index is 1.51. The van der Waals surface area contributed by atoms with Gasteiger partial charge in [0.2, 0.25) is 5.91 Å². The van der Waals surface area contributed by atoms with Crippen LogP contribution in [-0.4, -0.2) is 34.5 Å². The predicted octanol–water partition coefficient (Wildman–Crippen LogP) is 4.97. The lowest BCUT2D eigenvalue weighted by Crippen LogP contribution is -2.49. The fourth-order valence-corrected chi connectivity index (χ4v) is 4.54. The molecular weight excluding hydrogens is 421 g/mol. The molecule has 3 rings (SSSR count). The molecule has 0 radical (unpaired) electrons. The maximum Gasteiger partial charge on any atom is 0.239 e. The van der Waals surface area contributed by atoms with Crippen LogP contribution >= 0.6 is 12.2 Å². The summed E-state index contributed by atoms with van der Waals surface area (Å²) in [7, 11) is 0. The SMILES string of the molecule is C[C@H](CCc1ccccc1)NC(=O)CNC(=S)N(Cc1ccccc1F)C1CCCCC1. The van der Waals surface area contributed by atoms with Crippen molar-refractivity contribution in [2.75, 3.05) is 6.54 Å². The Morgan fingerprint density at radius 2 is 1.78 bits per heavy atom. The van der Waals surface area contributed by atoms with E-state index in [9.17, 15) is 9.18 Å². The van der Waals surface area contributed by atoms with E-state index in [2.05, 4.69) is 27.7 Å². The number of rotatable bonds is 9. The molecule has 0 bridgehead atoms. The minimum Gasteiger partial charge on any atom is -0.353 e. The molecule has 1 amide bonds. The molecule has 0 heterocycles. The second-order valence-corrected chi connectivity index (χ2v) is 9.05. The quantitative estimate of drug-likeness (QED) is 0.524. The molecule has 0 aromatic heterocycles. The molecule has 2 aromatic carbocycles. The third-order valence-corrected chi connectivity index (χ3v) is 6.47. The molecule has 0 unspecified atom stereocenters. The van der Waals surface area contributed by atoms with Crippen LogP contribution in [0.4, 0.5) is 4.39 Å². The van der Waals surface area contributed by atoms with E-state index in [4.69, 9.17) is 12.2 Å². The van der Waals surface area contributed by atoms with E-state index in [1.807, 2.05) is 31.2 Å². The first-order valence-electron chi connectivity index (χ1n) is 11.6. The molecule has 1 atom stereocenters. The normalized spacial score (nSPS) is 15.1. The van der Waals surface area contributed by atoms with E-state index in [0.29, 0.717) is 17.2 Å². The van der Waals surface area contributed by atoms with E-state index >= 15 is 0 Å². The second-order valence-electron chi connectivity index (χ2n) is 8.66. The monoisotopic (exact) mass is 455 g/mol. The summed E-state index contributed by atoms with van der Waals surface area (Å²) in [4.78, 5) is 14.5. The average molecular weight is 456 g/mol. The van der Waals surface area contributed by atoms with E-state index in [1.165, 1.54) is 18.1 Å². The maximum atomic E-state index is 14.3. The molecule has 1 fully saturated rings. The summed E-state index contributed by atoms with van der Waals surface area (Å²) in [6.45, 7) is 2.55. The van der Waals surface area contributed by atoms with Gasteiger partial charge in [-0.2, -0.15) is 0 Å². The van der Waals surface area contributed by atoms with Crippen LogP contribution in [0.1, 0.15) is 56.6 Å². The van der Waals surface area contributed by atoms with Crippen molar-refractivity contribution in [1.82, 2.24) is 15.5 Å². The minimum absolute atomic E-state index is 0.0749. The summed E-state index contributed by atoms with van der Waals surface area (Å²) >= 11 is 5.66. The number of nitrogens with one attached hydrogen (secondary N) is 2. The van der Waals surface area contributed by atoms with E-state index < -0.39 is 0 Å². The van der Waals surface area contributed by atoms with Crippen molar-refractivity contribution in [2.24, 2.45) is 0 Å². The van der Waals surface area contributed by atoms with Gasteiger partial charge in [0.05, 0.1) is 6.54 Å². The van der Waals surface area contributed by atoms with Crippen molar-refractivity contribution in [3.8, 4) is 0 Å². The number of benzene rings is 2. The third-order valence-electron chi connectivity index (χ3n) is 6.09. The summed E-state index contributed by atoms with van der Waals surface area (Å²) in [5.74, 6) is -0.302. The van der Waals surface area contributed by atoms with Crippen molar-refractivity contribution in [3.05, 3.63) is 71.5 Å². The van der Waals surface area contributed by atoms with Gasteiger partial charge in [0, 0.05) is 24.2 Å². The fourth-order valence-electron chi connectivity index (χ4n) is 4.25. The van der Waals surface area contributed by atoms with Gasteiger partial charge in [-0.1, -0.05) is 67.8 Å². The van der Waals surface area contributed by atoms with Crippen LogP contribution < -0.4 is 10.6 Å². The molecule has 0 spiro atoms. The van der Waals surface area contributed by atoms with Crippen molar-refractivity contribution in [1.29, 1.82) is 0 Å². The fraction of sp³-hybridized carbons (Fsp3) is 0.462. The van der Waals surface area contributed by atoms with Gasteiger partial charge in [0.15, 0.2) is 5.11 Å². The van der Waals surface area contributed by atoms with Crippen LogP contribution in [0.15, 0.2) is 54.6 Å². The summed E-state index contributed by atoms with van der Waals surface area (Å²) in [6, 6.07) is 17.4. The van der Waals surface area contributed by atoms with E-state index in [-0.39, 0.29) is 30.4 Å². The molecule has 172 valence electrons. The van der Waals surface area contributed by atoms with Gasteiger partial charge in [-0.3, -0.25) is 4.79 Å². The first kappa shape index (κ1) is 24.2. The number of amides is 1. The molecule has 1 aliphatic carbocycles. The van der Waals surface area contributed by atoms with E-state index in [0.717, 1.165) is 38.5 Å². The van der Waals surface area contributed by atoms with Gasteiger partial charge in [0.25, 0.3) is 0 Å². The Morgan fingerprint density at radius 3 is 2.50 bits per heavy atom. The van der Waals surface area contributed by atoms with Crippen LogP contribution in [0, 0.1) is 5.82 Å². The lowest BCUT2D eigenvalue weighted by Gasteiger charge is -2.36. The lowest BCUT2D eigenvalue weighted by atomic mass is 9.94. The smallest absolute Gasteiger partial charge is 0.239 e. The first-order chi connectivity index (χ1) is 15.5. The number of thiocarbonyl (C=S) groups is 1. The molecule has 0 saturated heterocycles. The highest BCUT2D eigenvalue weighted by Crippen LogP contribution is 2.25. The molecular formula is C26H34FN3OS. The molecule has 2 N–H and O–H groups in total. The highest BCUT2D eigenvalue weighted by atomic mass is 32.1. The topological polar surface area (TPSA) is 44.4 Å². The highest BCUT2D eigenvalue weighted by Gasteiger charge is 2.24. The van der Waals surface area contributed by atoms with Crippen molar-refractivity contribution >= 4 is 23.2 Å². The Hall–Kier alpha value is -2.47. The van der Waals surface area contributed by atoms with Crippen LogP contribution in [0.3, 0.4) is 0 Å². The molecule has 0 aliphatic heterocycles. The van der Waals surface area contributed by atoms with Crippen LogP contribution in [0.25, 0.3) is 0 Å². The molecule has 1 saturated carbocycles. The Bertz CT molecular complexity index is 870. The third kappa shape index (κ3) is 7.59. The highest BCUT2D eigenvalue weighted by molar-refractivity contribution is 7.80. The van der Waals surface area contributed by atoms with Crippen molar-refractivity contribution in [3.63, 3.8) is 0 Å². The molecule has 32 heavy (non-hydrogen) atoms. The number of carbonyl (C=O) groups is 1. The largest absolute Gasteiger partial charge is 0.353 e. The number of aryl methyl sites for hydroxylation is 1. The lowest BCUT2D eigenvalue weighted by molar-refractivity contribution is -0.120. The average Bonchev–Trinajstić information content (AvgIpc) is 2.82. The summed E-state index contributed by atoms with van der Waals surface area (Å²) < 4.78 is 14.3. The van der Waals surface area contributed by atoms with E-state index in [1.54, 1.807) is 12.1 Å². The van der Waals surface area contributed by atoms with Gasteiger partial charge in [-0.05, 0) is 56.5 Å². The number of nitrogens with zero attached hydrogens (tertiary/aromatic N) is 1. The minimum atomic E-state index is -0.221. The summed E-state index contributed by atoms with van der Waals surface area (Å²) in [5, 5.41) is 6.69. The van der Waals surface area contributed by atoms with Crippen LogP contribution in [0.2, 0.25) is 0 Å². The zero-order valence-corrected chi connectivity index (χ0v) is 19.7. The molecule has 4 nitrogen and oxygen atoms in total. The van der Waals surface area contributed by atoms with Crippen molar-refractivity contribution in [2.45, 2.75) is 70.5 Å². The molecule has 6 heteroatoms. The van der Waals surface area contributed by atoms with Gasteiger partial charge in [-0.15, -0.1) is 0 Å². The Labute approximate surface area is 196 Å². The van der Waals surface area contributed by atoms with Crippen LogP contribution in [0.5, 0.6) is 0 Å². The zero-order valence-electron chi connectivity index (χ0n) is 18.9. The first-order valence-corrected chi connectivity index (χ1v) is 12.0. The van der Waals surface area contributed by atoms with Gasteiger partial charge in [-0.25, -0.2) is 4.39 Å². The zero-order chi connectivity index (χ0) is 22.8. The summed E-state index contributed by atoms with van der Waals surface area (Å²) in [6.07, 6.45) is 7.42. The molecule has 1 aliphatic rings. The molecule has 2 aromatic rings. The second kappa shape index (κ2) is 12.5. The maximum absolute atomic E-state index is 14.3. The van der Waals surface area contributed by atoms with Crippen molar-refractivity contribution < 1.29 is 9.18 Å². The number of carbonyl (C=O) groups excluding carboxylic acids is 1. The summed E-state index contributed by atoms with van der Waals surface area (Å²) in [5.41, 5.74) is 1.89. The van der Waals surface area contributed by atoms with Crippen LogP contribution in [-0.2, 0) is 17.8 Å². The Kier molecular flexibility index (Phi) is 9.47. The number of hydrogen-bond acceptors (Lipinski definition) is 2. The number of hydrogen-bond donors (Lipinski definition) is 2. The van der Waals surface area contributed by atoms with Gasteiger partial charge in [0.1, 0.15) is 5.82 Å². The van der Waals surface area contributed by atoms with Gasteiger partial charge >= 0.3 is 0 Å². The Morgan fingerprint density at radius 1 is 1.09 bits per heavy atom. The standard InChI is InChI=1S/C26H34FN3OS/c1-20(16-17-21-10-4-2-5-11-21)29-25(31)18-28-26(32)30(23-13-6-3-7-14-23)19-22-12-8-9-15-24(22)27/h2,4-5,8-12,15,20,23H,3,6-7,13-14,16-19H2,1H3,(H,28,32)(H,29,31)/t20-/m1/s1. The number of halogens is 1. The predicted molar refractivity (Wildman–Crippen MR) is 132 cm³/mol. The van der Waals surface area contributed by atoms with Gasteiger partial charge < -0.3 is 15.5 Å².